The fraction of sp³-hybridized carbons (Fsp3) is 0.318. The predicted octanol–water partition coefficient (Wildman–Crippen LogP) is 1.27. The normalized spacial score (nSPS) is 24.6. The van der Waals surface area contributed by atoms with Gasteiger partial charge in [-0.1, -0.05) is 6.07 Å². The van der Waals surface area contributed by atoms with Crippen molar-refractivity contribution in [1.29, 1.82) is 0 Å². The summed E-state index contributed by atoms with van der Waals surface area (Å²) in [5, 5.41) is 14.2. The number of piperidine rings is 1. The van der Waals surface area contributed by atoms with Crippen molar-refractivity contribution in [1.82, 2.24) is 16.0 Å². The third-order valence-electron chi connectivity index (χ3n) is 5.57. The van der Waals surface area contributed by atoms with Gasteiger partial charge in [0.25, 0.3) is 0 Å². The number of amides is 3. The second kappa shape index (κ2) is 8.83. The van der Waals surface area contributed by atoms with Crippen molar-refractivity contribution in [3.8, 4) is 5.75 Å². The maximum absolute atomic E-state index is 14.2. The first-order chi connectivity index (χ1) is 15.3. The van der Waals surface area contributed by atoms with Gasteiger partial charge in [-0.25, -0.2) is 4.39 Å². The van der Waals surface area contributed by atoms with Crippen molar-refractivity contribution in [2.24, 2.45) is 11.8 Å². The largest absolute Gasteiger partial charge is 0.497 e. The number of rotatable bonds is 5. The molecule has 2 saturated heterocycles. The molecule has 9 nitrogen and oxygen atoms in total. The first-order valence-electron chi connectivity index (χ1n) is 10.2. The lowest BCUT2D eigenvalue weighted by atomic mass is 9.81. The van der Waals surface area contributed by atoms with Crippen molar-refractivity contribution in [3.63, 3.8) is 0 Å². The van der Waals surface area contributed by atoms with Crippen LogP contribution in [0.3, 0.4) is 0 Å². The topological polar surface area (TPSA) is 121 Å². The van der Waals surface area contributed by atoms with Gasteiger partial charge >= 0.3 is 0 Å². The zero-order valence-electron chi connectivity index (χ0n) is 17.6. The molecule has 4 atom stereocenters. The maximum Gasteiger partial charge on any atom is 0.229 e. The number of carbonyl (C=O) groups is 3. The minimum Gasteiger partial charge on any atom is -0.497 e. The van der Waals surface area contributed by atoms with Crippen LogP contribution < -0.4 is 31.3 Å². The lowest BCUT2D eigenvalue weighted by Crippen LogP contribution is -2.72. The SMILES string of the molecule is COc1ccc(NC2NC(=O)C3C(NC(=O)CC3C(=O)Nc3ccc(C)cc3F)N2)cc1. The Morgan fingerprint density at radius 2 is 1.88 bits per heavy atom. The second-order valence-corrected chi connectivity index (χ2v) is 7.84. The quantitative estimate of drug-likeness (QED) is 0.477. The van der Waals surface area contributed by atoms with Crippen LogP contribution in [-0.4, -0.2) is 37.3 Å². The van der Waals surface area contributed by atoms with E-state index in [4.69, 9.17) is 4.74 Å². The zero-order valence-corrected chi connectivity index (χ0v) is 17.6. The van der Waals surface area contributed by atoms with E-state index in [1.807, 2.05) is 0 Å². The molecule has 2 fully saturated rings. The van der Waals surface area contributed by atoms with Gasteiger partial charge in [0.05, 0.1) is 30.8 Å². The molecule has 0 aliphatic carbocycles. The number of anilines is 2. The van der Waals surface area contributed by atoms with E-state index in [1.54, 1.807) is 44.4 Å². The Balaban J connectivity index is 1.47. The summed E-state index contributed by atoms with van der Waals surface area (Å²) in [6.07, 6.45) is -1.61. The van der Waals surface area contributed by atoms with Crippen LogP contribution in [-0.2, 0) is 14.4 Å². The van der Waals surface area contributed by atoms with Crippen LogP contribution in [0.25, 0.3) is 0 Å². The van der Waals surface area contributed by atoms with Crippen molar-refractivity contribution in [2.75, 3.05) is 17.7 Å². The number of aryl methyl sites for hydroxylation is 1. The van der Waals surface area contributed by atoms with Crippen LogP contribution >= 0.6 is 0 Å². The molecule has 0 saturated carbocycles. The van der Waals surface area contributed by atoms with Gasteiger partial charge in [0, 0.05) is 12.1 Å². The number of carbonyl (C=O) groups excluding carboxylic acids is 3. The number of halogens is 1. The molecule has 4 rings (SSSR count). The molecule has 2 aliphatic heterocycles. The third-order valence-corrected chi connectivity index (χ3v) is 5.57. The van der Waals surface area contributed by atoms with Crippen molar-refractivity contribution in [2.45, 2.75) is 25.8 Å². The van der Waals surface area contributed by atoms with Crippen LogP contribution in [0, 0.1) is 24.6 Å². The molecule has 0 spiro atoms. The monoisotopic (exact) mass is 441 g/mol. The second-order valence-electron chi connectivity index (χ2n) is 7.84. The lowest BCUT2D eigenvalue weighted by molar-refractivity contribution is -0.144. The molecule has 32 heavy (non-hydrogen) atoms. The van der Waals surface area contributed by atoms with Crippen molar-refractivity contribution < 1.29 is 23.5 Å². The smallest absolute Gasteiger partial charge is 0.229 e. The molecule has 0 radical (unpaired) electrons. The highest BCUT2D eigenvalue weighted by Gasteiger charge is 2.48. The molecule has 2 aliphatic rings. The van der Waals surface area contributed by atoms with E-state index < -0.39 is 41.9 Å². The summed E-state index contributed by atoms with van der Waals surface area (Å²) in [6.45, 7) is 1.74. The van der Waals surface area contributed by atoms with Gasteiger partial charge in [0.1, 0.15) is 11.6 Å². The number of methoxy groups -OCH3 is 1. The van der Waals surface area contributed by atoms with Gasteiger partial charge in [-0.05, 0) is 48.9 Å². The summed E-state index contributed by atoms with van der Waals surface area (Å²) in [5.74, 6) is -3.06. The number of hydrogen-bond donors (Lipinski definition) is 5. The summed E-state index contributed by atoms with van der Waals surface area (Å²) in [7, 11) is 1.57. The molecular formula is C22H24FN5O4. The minimum absolute atomic E-state index is 0.00589. The molecular weight excluding hydrogens is 417 g/mol. The Morgan fingerprint density at radius 1 is 1.12 bits per heavy atom. The molecule has 2 aromatic rings. The van der Waals surface area contributed by atoms with Crippen molar-refractivity contribution >= 4 is 29.1 Å². The van der Waals surface area contributed by atoms with E-state index in [0.717, 1.165) is 0 Å². The van der Waals surface area contributed by atoms with E-state index >= 15 is 0 Å². The molecule has 4 unspecified atom stereocenters. The summed E-state index contributed by atoms with van der Waals surface area (Å²) < 4.78 is 19.3. The number of fused-ring (bicyclic) bond motifs is 1. The molecule has 10 heteroatoms. The molecule has 2 heterocycles. The maximum atomic E-state index is 14.2. The van der Waals surface area contributed by atoms with Crippen LogP contribution in [0.2, 0.25) is 0 Å². The van der Waals surface area contributed by atoms with E-state index in [2.05, 4.69) is 26.6 Å². The molecule has 2 aromatic carbocycles. The molecule has 0 aromatic heterocycles. The number of hydrogen-bond acceptors (Lipinski definition) is 6. The average molecular weight is 441 g/mol. The standard InChI is InChI=1S/C22H24FN5O4/c1-11-3-8-16(15(23)9-11)25-20(30)14-10-17(29)26-19-18(14)21(31)28-22(27-19)24-12-4-6-13(32-2)7-5-12/h3-9,14,18-19,22,24,27H,10H2,1-2H3,(H,25,30)(H,26,29)(H,28,31). The first kappa shape index (κ1) is 21.6. The van der Waals surface area contributed by atoms with Gasteiger partial charge in [0.15, 0.2) is 6.29 Å². The summed E-state index contributed by atoms with van der Waals surface area (Å²) >= 11 is 0. The van der Waals surface area contributed by atoms with Crippen LogP contribution in [0.15, 0.2) is 42.5 Å². The summed E-state index contributed by atoms with van der Waals surface area (Å²) in [4.78, 5) is 38.1. The average Bonchev–Trinajstić information content (AvgIpc) is 2.75. The van der Waals surface area contributed by atoms with Gasteiger partial charge < -0.3 is 26.0 Å². The first-order valence-corrected chi connectivity index (χ1v) is 10.2. The van der Waals surface area contributed by atoms with Gasteiger partial charge in [-0.15, -0.1) is 0 Å². The lowest BCUT2D eigenvalue weighted by Gasteiger charge is -2.43. The summed E-state index contributed by atoms with van der Waals surface area (Å²) in [5.41, 5.74) is 1.43. The number of nitrogens with one attached hydrogen (secondary N) is 5. The van der Waals surface area contributed by atoms with Crippen LogP contribution in [0.1, 0.15) is 12.0 Å². The van der Waals surface area contributed by atoms with Gasteiger partial charge in [-0.2, -0.15) is 0 Å². The predicted molar refractivity (Wildman–Crippen MR) is 115 cm³/mol. The van der Waals surface area contributed by atoms with Gasteiger partial charge in [-0.3, -0.25) is 19.7 Å². The highest BCUT2D eigenvalue weighted by molar-refractivity contribution is 6.00. The molecule has 5 N–H and O–H groups in total. The molecule has 3 amide bonds. The minimum atomic E-state index is -0.955. The Kier molecular flexibility index (Phi) is 5.95. The van der Waals surface area contributed by atoms with E-state index in [1.165, 1.54) is 12.1 Å². The Labute approximate surface area is 184 Å². The Bertz CT molecular complexity index is 1050. The van der Waals surface area contributed by atoms with E-state index in [0.29, 0.717) is 17.0 Å². The van der Waals surface area contributed by atoms with E-state index in [-0.39, 0.29) is 18.0 Å². The Hall–Kier alpha value is -3.66. The number of benzene rings is 2. The molecule has 168 valence electrons. The van der Waals surface area contributed by atoms with Crippen molar-refractivity contribution in [3.05, 3.63) is 53.8 Å². The number of ether oxygens (including phenoxy) is 1. The Morgan fingerprint density at radius 3 is 2.56 bits per heavy atom. The van der Waals surface area contributed by atoms with Crippen LogP contribution in [0.4, 0.5) is 15.8 Å². The fourth-order valence-electron chi connectivity index (χ4n) is 3.95. The third kappa shape index (κ3) is 4.50. The molecule has 0 bridgehead atoms. The summed E-state index contributed by atoms with van der Waals surface area (Å²) in [6, 6.07) is 11.5. The van der Waals surface area contributed by atoms with Gasteiger partial charge in [0.2, 0.25) is 17.7 Å². The highest BCUT2D eigenvalue weighted by atomic mass is 19.1. The van der Waals surface area contributed by atoms with E-state index in [9.17, 15) is 18.8 Å². The highest BCUT2D eigenvalue weighted by Crippen LogP contribution is 2.28. The fourth-order valence-corrected chi connectivity index (χ4v) is 3.95. The van der Waals surface area contributed by atoms with Crippen LogP contribution in [0.5, 0.6) is 5.75 Å². The zero-order chi connectivity index (χ0) is 22.8.